The van der Waals surface area contributed by atoms with Crippen molar-refractivity contribution in [1.29, 1.82) is 0 Å². The Morgan fingerprint density at radius 2 is 1.84 bits per heavy atom. The van der Waals surface area contributed by atoms with Crippen molar-refractivity contribution in [2.45, 2.75) is 6.42 Å². The summed E-state index contributed by atoms with van der Waals surface area (Å²) in [6, 6.07) is 19.7. The zero-order chi connectivity index (χ0) is 17.6. The van der Waals surface area contributed by atoms with Gasteiger partial charge in [0.25, 0.3) is 5.56 Å². The number of anilines is 1. The van der Waals surface area contributed by atoms with Crippen LogP contribution < -0.4 is 15.6 Å². The van der Waals surface area contributed by atoms with Crippen molar-refractivity contribution in [2.75, 3.05) is 12.4 Å². The molecule has 0 saturated carbocycles. The summed E-state index contributed by atoms with van der Waals surface area (Å²) in [4.78, 5) is 24.3. The van der Waals surface area contributed by atoms with Crippen LogP contribution in [0.3, 0.4) is 0 Å². The number of hydrogen-bond donors (Lipinski definition) is 1. The van der Waals surface area contributed by atoms with Gasteiger partial charge in [0.2, 0.25) is 5.91 Å². The number of pyridine rings is 1. The fourth-order valence-corrected chi connectivity index (χ4v) is 2.52. The van der Waals surface area contributed by atoms with Crippen molar-refractivity contribution in [3.05, 3.63) is 88.8 Å². The minimum atomic E-state index is -0.161. The van der Waals surface area contributed by atoms with Gasteiger partial charge < -0.3 is 10.1 Å². The maximum atomic E-state index is 12.3. The van der Waals surface area contributed by atoms with Crippen molar-refractivity contribution in [1.82, 2.24) is 4.57 Å². The van der Waals surface area contributed by atoms with Gasteiger partial charge in [-0.25, -0.2) is 0 Å². The minimum Gasteiger partial charge on any atom is -0.497 e. The third-order valence-electron chi connectivity index (χ3n) is 3.73. The SMILES string of the molecule is COc1cccc(CC(=O)Nc2ccc(=O)n(-c3ccccc3)c2)c1. The van der Waals surface area contributed by atoms with Gasteiger partial charge in [-0.15, -0.1) is 0 Å². The number of amides is 1. The molecule has 5 nitrogen and oxygen atoms in total. The zero-order valence-electron chi connectivity index (χ0n) is 13.8. The summed E-state index contributed by atoms with van der Waals surface area (Å²) in [5.74, 6) is 0.550. The van der Waals surface area contributed by atoms with Crippen LogP contribution in [0, 0.1) is 0 Å². The Balaban J connectivity index is 1.76. The maximum Gasteiger partial charge on any atom is 0.255 e. The Labute approximate surface area is 145 Å². The first-order valence-electron chi connectivity index (χ1n) is 7.86. The van der Waals surface area contributed by atoms with Gasteiger partial charge in [0.05, 0.1) is 19.2 Å². The second-order valence-electron chi connectivity index (χ2n) is 5.54. The average Bonchev–Trinajstić information content (AvgIpc) is 2.64. The molecule has 0 aliphatic heterocycles. The van der Waals surface area contributed by atoms with Crippen LogP contribution in [-0.2, 0) is 11.2 Å². The highest BCUT2D eigenvalue weighted by Crippen LogP contribution is 2.14. The van der Waals surface area contributed by atoms with Gasteiger partial charge in [0.15, 0.2) is 0 Å². The molecule has 0 fully saturated rings. The number of para-hydroxylation sites is 1. The van der Waals surface area contributed by atoms with E-state index in [1.54, 1.807) is 19.4 Å². The Bertz CT molecular complexity index is 933. The number of carbonyl (C=O) groups excluding carboxylic acids is 1. The first-order valence-corrected chi connectivity index (χ1v) is 7.86. The molecule has 0 atom stereocenters. The van der Waals surface area contributed by atoms with Gasteiger partial charge in [0, 0.05) is 18.0 Å². The normalized spacial score (nSPS) is 10.3. The quantitative estimate of drug-likeness (QED) is 0.780. The molecule has 0 aliphatic carbocycles. The van der Waals surface area contributed by atoms with Gasteiger partial charge in [-0.05, 0) is 35.9 Å². The summed E-state index contributed by atoms with van der Waals surface area (Å²) in [6.07, 6.45) is 1.85. The average molecular weight is 334 g/mol. The summed E-state index contributed by atoms with van der Waals surface area (Å²) in [5, 5.41) is 2.83. The number of benzene rings is 2. The molecular weight excluding hydrogens is 316 g/mol. The molecule has 126 valence electrons. The summed E-state index contributed by atoms with van der Waals surface area (Å²) in [7, 11) is 1.59. The number of aromatic nitrogens is 1. The molecule has 0 radical (unpaired) electrons. The number of rotatable bonds is 5. The number of ether oxygens (including phenoxy) is 1. The van der Waals surface area contributed by atoms with E-state index in [2.05, 4.69) is 5.32 Å². The van der Waals surface area contributed by atoms with Crippen molar-refractivity contribution >= 4 is 11.6 Å². The van der Waals surface area contributed by atoms with E-state index in [4.69, 9.17) is 4.74 Å². The van der Waals surface area contributed by atoms with Crippen molar-refractivity contribution in [3.63, 3.8) is 0 Å². The van der Waals surface area contributed by atoms with Crippen LogP contribution in [0.15, 0.2) is 77.7 Å². The number of carbonyl (C=O) groups is 1. The first kappa shape index (κ1) is 16.5. The monoisotopic (exact) mass is 334 g/mol. The second kappa shape index (κ2) is 7.49. The lowest BCUT2D eigenvalue weighted by Crippen LogP contribution is -2.20. The summed E-state index contributed by atoms with van der Waals surface area (Å²) in [6.45, 7) is 0. The maximum absolute atomic E-state index is 12.3. The number of methoxy groups -OCH3 is 1. The van der Waals surface area contributed by atoms with Crippen molar-refractivity contribution < 1.29 is 9.53 Å². The van der Waals surface area contributed by atoms with E-state index in [0.29, 0.717) is 11.4 Å². The molecule has 0 saturated heterocycles. The van der Waals surface area contributed by atoms with E-state index in [0.717, 1.165) is 11.3 Å². The molecule has 25 heavy (non-hydrogen) atoms. The molecule has 0 unspecified atom stereocenters. The lowest BCUT2D eigenvalue weighted by molar-refractivity contribution is -0.115. The topological polar surface area (TPSA) is 60.3 Å². The lowest BCUT2D eigenvalue weighted by atomic mass is 10.1. The Hall–Kier alpha value is -3.34. The Kier molecular flexibility index (Phi) is 4.95. The highest BCUT2D eigenvalue weighted by molar-refractivity contribution is 5.92. The highest BCUT2D eigenvalue weighted by atomic mass is 16.5. The number of hydrogen-bond acceptors (Lipinski definition) is 3. The second-order valence-corrected chi connectivity index (χ2v) is 5.54. The van der Waals surface area contributed by atoms with Crippen LogP contribution in [0.1, 0.15) is 5.56 Å². The molecule has 3 rings (SSSR count). The van der Waals surface area contributed by atoms with Gasteiger partial charge in [0.1, 0.15) is 5.75 Å². The third kappa shape index (κ3) is 4.14. The number of nitrogens with one attached hydrogen (secondary N) is 1. The van der Waals surface area contributed by atoms with E-state index in [-0.39, 0.29) is 17.9 Å². The molecule has 5 heteroatoms. The standard InChI is InChI=1S/C20H18N2O3/c1-25-18-9-5-6-15(12-18)13-19(23)21-16-10-11-20(24)22(14-16)17-7-3-2-4-8-17/h2-12,14H,13H2,1H3,(H,21,23). The lowest BCUT2D eigenvalue weighted by Gasteiger charge is -2.10. The summed E-state index contributed by atoms with van der Waals surface area (Å²) in [5.41, 5.74) is 2.01. The van der Waals surface area contributed by atoms with Gasteiger partial charge >= 0.3 is 0 Å². The predicted octanol–water partition coefficient (Wildman–Crippen LogP) is 3.03. The van der Waals surface area contributed by atoms with Crippen molar-refractivity contribution in [3.8, 4) is 11.4 Å². The molecule has 1 N–H and O–H groups in total. The minimum absolute atomic E-state index is 0.156. The zero-order valence-corrected chi connectivity index (χ0v) is 13.8. The fraction of sp³-hybridized carbons (Fsp3) is 0.100. The van der Waals surface area contributed by atoms with Gasteiger partial charge in [-0.2, -0.15) is 0 Å². The van der Waals surface area contributed by atoms with E-state index in [1.165, 1.54) is 10.6 Å². The molecule has 0 aliphatic rings. The molecular formula is C20H18N2O3. The van der Waals surface area contributed by atoms with E-state index in [1.807, 2.05) is 54.6 Å². The number of nitrogens with zero attached hydrogens (tertiary/aromatic N) is 1. The first-order chi connectivity index (χ1) is 12.2. The van der Waals surface area contributed by atoms with Crippen LogP contribution in [0.2, 0.25) is 0 Å². The predicted molar refractivity (Wildman–Crippen MR) is 97.4 cm³/mol. The largest absolute Gasteiger partial charge is 0.497 e. The molecule has 1 amide bonds. The van der Waals surface area contributed by atoms with E-state index < -0.39 is 0 Å². The molecule has 2 aromatic carbocycles. The molecule has 0 bridgehead atoms. The molecule has 1 aromatic heterocycles. The highest BCUT2D eigenvalue weighted by Gasteiger charge is 2.07. The Morgan fingerprint density at radius 3 is 2.60 bits per heavy atom. The van der Waals surface area contributed by atoms with Crippen molar-refractivity contribution in [2.24, 2.45) is 0 Å². The molecule has 1 heterocycles. The van der Waals surface area contributed by atoms with E-state index in [9.17, 15) is 9.59 Å². The van der Waals surface area contributed by atoms with E-state index >= 15 is 0 Å². The fourth-order valence-electron chi connectivity index (χ4n) is 2.52. The Morgan fingerprint density at radius 1 is 1.04 bits per heavy atom. The summed E-state index contributed by atoms with van der Waals surface area (Å²) < 4.78 is 6.66. The smallest absolute Gasteiger partial charge is 0.255 e. The van der Waals surface area contributed by atoms with Gasteiger partial charge in [-0.3, -0.25) is 14.2 Å². The van der Waals surface area contributed by atoms with Crippen LogP contribution in [0.5, 0.6) is 5.75 Å². The van der Waals surface area contributed by atoms with Crippen LogP contribution in [-0.4, -0.2) is 17.6 Å². The summed E-state index contributed by atoms with van der Waals surface area (Å²) >= 11 is 0. The molecule has 0 spiro atoms. The van der Waals surface area contributed by atoms with Crippen LogP contribution in [0.25, 0.3) is 5.69 Å². The van der Waals surface area contributed by atoms with Crippen LogP contribution >= 0.6 is 0 Å². The van der Waals surface area contributed by atoms with Gasteiger partial charge in [-0.1, -0.05) is 30.3 Å². The third-order valence-corrected chi connectivity index (χ3v) is 3.73. The molecule has 3 aromatic rings. The van der Waals surface area contributed by atoms with Crippen LogP contribution in [0.4, 0.5) is 5.69 Å².